The van der Waals surface area contributed by atoms with E-state index in [4.69, 9.17) is 5.73 Å². The van der Waals surface area contributed by atoms with Crippen molar-refractivity contribution in [3.8, 4) is 0 Å². The molecule has 0 spiro atoms. The standard InChI is InChI=1S/C18H28N2/c1-2-14-6-5-8-17(12-14)20(16-10-11-16)13-15-7-3-4-9-18(15)19/h3-4,7,9,14,16-17H,2,5-6,8,10-13,19H2,1H3. The van der Waals surface area contributed by atoms with Crippen molar-refractivity contribution in [1.82, 2.24) is 4.90 Å². The Morgan fingerprint density at radius 3 is 2.60 bits per heavy atom. The Morgan fingerprint density at radius 1 is 1.10 bits per heavy atom. The summed E-state index contributed by atoms with van der Waals surface area (Å²) in [5, 5.41) is 0. The second kappa shape index (κ2) is 6.17. The third-order valence-electron chi connectivity index (χ3n) is 5.23. The lowest BCUT2D eigenvalue weighted by Gasteiger charge is -2.38. The summed E-state index contributed by atoms with van der Waals surface area (Å²) in [5.41, 5.74) is 8.42. The maximum absolute atomic E-state index is 6.15. The van der Waals surface area contributed by atoms with Crippen molar-refractivity contribution < 1.29 is 0 Å². The number of nitrogens with zero attached hydrogens (tertiary/aromatic N) is 1. The smallest absolute Gasteiger partial charge is 0.0359 e. The Morgan fingerprint density at radius 2 is 1.90 bits per heavy atom. The summed E-state index contributed by atoms with van der Waals surface area (Å²) in [7, 11) is 0. The zero-order chi connectivity index (χ0) is 13.9. The molecule has 0 bridgehead atoms. The van der Waals surface area contributed by atoms with Gasteiger partial charge in [-0.3, -0.25) is 4.90 Å². The molecule has 0 aliphatic heterocycles. The van der Waals surface area contributed by atoms with Crippen LogP contribution in [0, 0.1) is 5.92 Å². The van der Waals surface area contributed by atoms with Crippen LogP contribution in [-0.2, 0) is 6.54 Å². The third-order valence-corrected chi connectivity index (χ3v) is 5.23. The topological polar surface area (TPSA) is 29.3 Å². The van der Waals surface area contributed by atoms with Crippen molar-refractivity contribution in [3.05, 3.63) is 29.8 Å². The number of hydrogen-bond acceptors (Lipinski definition) is 2. The molecule has 0 radical (unpaired) electrons. The van der Waals surface area contributed by atoms with Crippen LogP contribution in [0.4, 0.5) is 5.69 Å². The predicted molar refractivity (Wildman–Crippen MR) is 85.5 cm³/mol. The van der Waals surface area contributed by atoms with Crippen molar-refractivity contribution in [2.45, 2.75) is 70.5 Å². The molecule has 0 saturated heterocycles. The van der Waals surface area contributed by atoms with Crippen LogP contribution in [0.3, 0.4) is 0 Å². The van der Waals surface area contributed by atoms with Gasteiger partial charge in [0.1, 0.15) is 0 Å². The molecule has 20 heavy (non-hydrogen) atoms. The molecule has 0 heterocycles. The summed E-state index contributed by atoms with van der Waals surface area (Å²) in [6.07, 6.45) is 9.78. The van der Waals surface area contributed by atoms with Gasteiger partial charge >= 0.3 is 0 Å². The van der Waals surface area contributed by atoms with Gasteiger partial charge in [0.05, 0.1) is 0 Å². The fraction of sp³-hybridized carbons (Fsp3) is 0.667. The normalized spacial score (nSPS) is 26.9. The molecule has 2 nitrogen and oxygen atoms in total. The highest BCUT2D eigenvalue weighted by Gasteiger charge is 2.36. The van der Waals surface area contributed by atoms with Crippen molar-refractivity contribution in [2.75, 3.05) is 5.73 Å². The monoisotopic (exact) mass is 272 g/mol. The van der Waals surface area contributed by atoms with E-state index in [1.165, 1.54) is 50.5 Å². The lowest BCUT2D eigenvalue weighted by Crippen LogP contribution is -2.40. The maximum Gasteiger partial charge on any atom is 0.0359 e. The molecule has 1 aromatic carbocycles. The van der Waals surface area contributed by atoms with Crippen LogP contribution in [-0.4, -0.2) is 17.0 Å². The largest absolute Gasteiger partial charge is 0.398 e. The minimum Gasteiger partial charge on any atom is -0.398 e. The van der Waals surface area contributed by atoms with E-state index in [1.807, 2.05) is 12.1 Å². The minimum atomic E-state index is 0.792. The molecular weight excluding hydrogens is 244 g/mol. The van der Waals surface area contributed by atoms with Gasteiger partial charge in [0.25, 0.3) is 0 Å². The van der Waals surface area contributed by atoms with E-state index in [0.29, 0.717) is 0 Å². The lowest BCUT2D eigenvalue weighted by molar-refractivity contribution is 0.113. The van der Waals surface area contributed by atoms with Gasteiger partial charge in [-0.2, -0.15) is 0 Å². The summed E-state index contributed by atoms with van der Waals surface area (Å²) in [6, 6.07) is 10.0. The number of rotatable bonds is 5. The Hall–Kier alpha value is -1.02. The molecule has 1 aromatic rings. The van der Waals surface area contributed by atoms with Crippen LogP contribution < -0.4 is 5.73 Å². The number of para-hydroxylation sites is 1. The highest BCUT2D eigenvalue weighted by Crippen LogP contribution is 2.37. The molecule has 3 rings (SSSR count). The Bertz CT molecular complexity index is 439. The van der Waals surface area contributed by atoms with Crippen molar-refractivity contribution in [1.29, 1.82) is 0 Å². The number of anilines is 1. The summed E-state index contributed by atoms with van der Waals surface area (Å²) >= 11 is 0. The second-order valence-corrected chi connectivity index (χ2v) is 6.70. The molecular formula is C18H28N2. The molecule has 2 heteroatoms. The Labute approximate surface area is 123 Å². The first-order valence-electron chi connectivity index (χ1n) is 8.37. The summed E-state index contributed by atoms with van der Waals surface area (Å²) in [5.74, 6) is 0.947. The second-order valence-electron chi connectivity index (χ2n) is 6.70. The quantitative estimate of drug-likeness (QED) is 0.814. The summed E-state index contributed by atoms with van der Waals surface area (Å²) in [4.78, 5) is 2.77. The van der Waals surface area contributed by atoms with Crippen LogP contribution in [0.15, 0.2) is 24.3 Å². The van der Waals surface area contributed by atoms with Gasteiger partial charge in [0, 0.05) is 24.3 Å². The van der Waals surface area contributed by atoms with Crippen LogP contribution in [0.25, 0.3) is 0 Å². The highest BCUT2D eigenvalue weighted by atomic mass is 15.2. The van der Waals surface area contributed by atoms with E-state index in [1.54, 1.807) is 0 Å². The maximum atomic E-state index is 6.15. The van der Waals surface area contributed by atoms with Gasteiger partial charge in [0.2, 0.25) is 0 Å². The fourth-order valence-corrected chi connectivity index (χ4v) is 3.77. The Kier molecular flexibility index (Phi) is 4.30. The van der Waals surface area contributed by atoms with E-state index < -0.39 is 0 Å². The van der Waals surface area contributed by atoms with Gasteiger partial charge < -0.3 is 5.73 Å². The average molecular weight is 272 g/mol. The van der Waals surface area contributed by atoms with Gasteiger partial charge in [-0.15, -0.1) is 0 Å². The van der Waals surface area contributed by atoms with E-state index in [2.05, 4.69) is 24.0 Å². The van der Waals surface area contributed by atoms with Gasteiger partial charge in [-0.1, -0.05) is 44.4 Å². The molecule has 2 saturated carbocycles. The van der Waals surface area contributed by atoms with Crippen molar-refractivity contribution >= 4 is 5.69 Å². The van der Waals surface area contributed by atoms with Gasteiger partial charge in [-0.25, -0.2) is 0 Å². The molecule has 2 aliphatic carbocycles. The SMILES string of the molecule is CCC1CCCC(N(Cc2ccccc2N)C2CC2)C1. The summed E-state index contributed by atoms with van der Waals surface area (Å²) in [6.45, 7) is 3.40. The first-order valence-corrected chi connectivity index (χ1v) is 8.37. The van der Waals surface area contributed by atoms with Gasteiger partial charge in [-0.05, 0) is 43.2 Å². The highest BCUT2D eigenvalue weighted by molar-refractivity contribution is 5.46. The van der Waals surface area contributed by atoms with Crippen molar-refractivity contribution in [2.24, 2.45) is 5.92 Å². The predicted octanol–water partition coefficient (Wildman–Crippen LogP) is 4.20. The molecule has 2 fully saturated rings. The number of nitrogens with two attached hydrogens (primary N) is 1. The summed E-state index contributed by atoms with van der Waals surface area (Å²) < 4.78 is 0. The molecule has 0 amide bonds. The van der Waals surface area contributed by atoms with Crippen LogP contribution >= 0.6 is 0 Å². The lowest BCUT2D eigenvalue weighted by atomic mass is 9.83. The van der Waals surface area contributed by atoms with Crippen LogP contribution in [0.1, 0.15) is 57.4 Å². The van der Waals surface area contributed by atoms with Crippen LogP contribution in [0.5, 0.6) is 0 Å². The number of hydrogen-bond donors (Lipinski definition) is 1. The third kappa shape index (κ3) is 3.17. The van der Waals surface area contributed by atoms with E-state index in [9.17, 15) is 0 Å². The minimum absolute atomic E-state index is 0.792. The van der Waals surface area contributed by atoms with E-state index >= 15 is 0 Å². The molecule has 2 unspecified atom stereocenters. The molecule has 2 aliphatic rings. The Balaban J connectivity index is 1.71. The first-order chi connectivity index (χ1) is 9.78. The average Bonchev–Trinajstić information content (AvgIpc) is 3.31. The molecule has 0 aromatic heterocycles. The number of nitrogen functional groups attached to an aromatic ring is 1. The van der Waals surface area contributed by atoms with Crippen molar-refractivity contribution in [3.63, 3.8) is 0 Å². The molecule has 2 atom stereocenters. The zero-order valence-electron chi connectivity index (χ0n) is 12.7. The fourth-order valence-electron chi connectivity index (χ4n) is 3.77. The van der Waals surface area contributed by atoms with Crippen LogP contribution in [0.2, 0.25) is 0 Å². The molecule has 110 valence electrons. The first kappa shape index (κ1) is 13.9. The zero-order valence-corrected chi connectivity index (χ0v) is 12.7. The molecule has 2 N–H and O–H groups in total. The van der Waals surface area contributed by atoms with Gasteiger partial charge in [0.15, 0.2) is 0 Å². The van der Waals surface area contributed by atoms with E-state index in [-0.39, 0.29) is 0 Å². The van der Waals surface area contributed by atoms with E-state index in [0.717, 1.165) is 30.2 Å². The number of benzene rings is 1.